The van der Waals surface area contributed by atoms with E-state index in [1.54, 1.807) is 11.8 Å². The van der Waals surface area contributed by atoms with Gasteiger partial charge in [-0.2, -0.15) is 10.1 Å². The molecule has 6 heteroatoms. The highest BCUT2D eigenvalue weighted by Gasteiger charge is 2.16. The predicted octanol–water partition coefficient (Wildman–Crippen LogP) is 2.74. The fourth-order valence-corrected chi connectivity index (χ4v) is 2.43. The van der Waals surface area contributed by atoms with Gasteiger partial charge in [0.05, 0.1) is 24.9 Å². The van der Waals surface area contributed by atoms with E-state index in [0.717, 1.165) is 34.7 Å². The zero-order valence-corrected chi connectivity index (χ0v) is 12.4. The summed E-state index contributed by atoms with van der Waals surface area (Å²) < 4.78 is 12.8. The number of fused-ring (bicyclic) bond motifs is 1. The Kier molecular flexibility index (Phi) is 3.51. The van der Waals surface area contributed by atoms with Gasteiger partial charge in [0.15, 0.2) is 5.58 Å². The van der Waals surface area contributed by atoms with Gasteiger partial charge in [-0.3, -0.25) is 0 Å². The van der Waals surface area contributed by atoms with Crippen molar-refractivity contribution in [3.63, 3.8) is 0 Å². The van der Waals surface area contributed by atoms with Crippen LogP contribution in [-0.4, -0.2) is 21.9 Å². The largest absolute Gasteiger partial charge is 0.481 e. The van der Waals surface area contributed by atoms with E-state index in [0.29, 0.717) is 12.6 Å². The van der Waals surface area contributed by atoms with E-state index < -0.39 is 0 Å². The van der Waals surface area contributed by atoms with Gasteiger partial charge in [-0.15, -0.1) is 0 Å². The summed E-state index contributed by atoms with van der Waals surface area (Å²) in [6.45, 7) is 2.64. The second kappa shape index (κ2) is 5.47. The third kappa shape index (κ3) is 2.44. The third-order valence-electron chi connectivity index (χ3n) is 3.41. The molecular weight excluding hydrogens is 268 g/mol. The molecule has 0 atom stereocenters. The molecule has 2 heterocycles. The van der Waals surface area contributed by atoms with Crippen LogP contribution in [0.2, 0.25) is 0 Å². The van der Waals surface area contributed by atoms with Gasteiger partial charge < -0.3 is 14.5 Å². The van der Waals surface area contributed by atoms with Crippen molar-refractivity contribution >= 4 is 17.1 Å². The van der Waals surface area contributed by atoms with Gasteiger partial charge in [-0.1, -0.05) is 19.1 Å². The van der Waals surface area contributed by atoms with Crippen molar-refractivity contribution in [2.24, 2.45) is 7.05 Å². The normalized spacial score (nSPS) is 11.0. The highest BCUT2D eigenvalue weighted by molar-refractivity contribution is 5.74. The predicted molar refractivity (Wildman–Crippen MR) is 80.5 cm³/mol. The number of rotatable bonds is 5. The van der Waals surface area contributed by atoms with Crippen LogP contribution in [0.15, 0.2) is 28.7 Å². The minimum atomic E-state index is 0.504. The topological polar surface area (TPSA) is 65.1 Å². The monoisotopic (exact) mass is 286 g/mol. The second-order valence-corrected chi connectivity index (χ2v) is 4.75. The van der Waals surface area contributed by atoms with Crippen LogP contribution >= 0.6 is 0 Å². The number of nitrogens with one attached hydrogen (secondary N) is 1. The van der Waals surface area contributed by atoms with Crippen LogP contribution in [0, 0.1) is 0 Å². The first-order valence-corrected chi connectivity index (χ1v) is 6.91. The Labute approximate surface area is 122 Å². The number of nitrogens with zero attached hydrogens (tertiary/aromatic N) is 3. The lowest BCUT2D eigenvalue weighted by molar-refractivity contribution is 0.369. The molecule has 1 aromatic carbocycles. The number of aryl methyl sites for hydroxylation is 2. The molecular formula is C15H18N4O2. The molecule has 0 radical (unpaired) electrons. The first kappa shape index (κ1) is 13.5. The number of methoxy groups -OCH3 is 1. The lowest BCUT2D eigenvalue weighted by Gasteiger charge is -2.05. The fourth-order valence-electron chi connectivity index (χ4n) is 2.43. The lowest BCUT2D eigenvalue weighted by Crippen LogP contribution is -2.03. The van der Waals surface area contributed by atoms with Gasteiger partial charge in [0, 0.05) is 7.05 Å². The molecule has 0 aliphatic rings. The van der Waals surface area contributed by atoms with E-state index in [1.807, 2.05) is 31.3 Å². The smallest absolute Gasteiger partial charge is 0.295 e. The minimum absolute atomic E-state index is 0.504. The third-order valence-corrected chi connectivity index (χ3v) is 3.41. The van der Waals surface area contributed by atoms with Gasteiger partial charge in [0.2, 0.25) is 5.88 Å². The quantitative estimate of drug-likeness (QED) is 0.781. The summed E-state index contributed by atoms with van der Waals surface area (Å²) in [4.78, 5) is 4.40. The van der Waals surface area contributed by atoms with Crippen LogP contribution in [0.5, 0.6) is 5.88 Å². The molecule has 0 unspecified atom stereocenters. The van der Waals surface area contributed by atoms with Gasteiger partial charge in [0.1, 0.15) is 5.52 Å². The zero-order chi connectivity index (χ0) is 14.8. The molecule has 110 valence electrons. The first-order valence-electron chi connectivity index (χ1n) is 6.91. The minimum Gasteiger partial charge on any atom is -0.481 e. The maximum absolute atomic E-state index is 5.65. The van der Waals surface area contributed by atoms with Crippen LogP contribution in [0.3, 0.4) is 0 Å². The SMILES string of the molecule is CCc1nn(C)c(OC)c1CNc1nc2ccccc2o1. The van der Waals surface area contributed by atoms with E-state index in [1.165, 1.54) is 0 Å². The number of hydrogen-bond donors (Lipinski definition) is 1. The fraction of sp³-hybridized carbons (Fsp3) is 0.333. The zero-order valence-electron chi connectivity index (χ0n) is 12.4. The maximum Gasteiger partial charge on any atom is 0.295 e. The van der Waals surface area contributed by atoms with Crippen molar-refractivity contribution in [2.75, 3.05) is 12.4 Å². The van der Waals surface area contributed by atoms with Crippen molar-refractivity contribution in [1.82, 2.24) is 14.8 Å². The number of oxazole rings is 1. The molecule has 0 amide bonds. The number of para-hydroxylation sites is 2. The van der Waals surface area contributed by atoms with Crippen LogP contribution in [0.1, 0.15) is 18.2 Å². The number of ether oxygens (including phenoxy) is 1. The Bertz CT molecular complexity index is 727. The van der Waals surface area contributed by atoms with Crippen molar-refractivity contribution < 1.29 is 9.15 Å². The molecule has 2 aromatic heterocycles. The lowest BCUT2D eigenvalue weighted by atomic mass is 10.2. The summed E-state index contributed by atoms with van der Waals surface area (Å²) in [5.74, 6) is 0.760. The Balaban J connectivity index is 1.84. The standard InChI is InChI=1S/C15H18N4O2/c1-4-11-10(14(20-3)19(2)18-11)9-16-15-17-12-7-5-6-8-13(12)21-15/h5-8H,4,9H2,1-3H3,(H,16,17). The molecule has 21 heavy (non-hydrogen) atoms. The highest BCUT2D eigenvalue weighted by Crippen LogP contribution is 2.24. The van der Waals surface area contributed by atoms with Crippen LogP contribution in [0.25, 0.3) is 11.1 Å². The molecule has 0 saturated carbocycles. The van der Waals surface area contributed by atoms with E-state index in [2.05, 4.69) is 22.3 Å². The number of hydrogen-bond acceptors (Lipinski definition) is 5. The van der Waals surface area contributed by atoms with Crippen molar-refractivity contribution in [1.29, 1.82) is 0 Å². The van der Waals surface area contributed by atoms with E-state index in [4.69, 9.17) is 9.15 Å². The van der Waals surface area contributed by atoms with Crippen LogP contribution < -0.4 is 10.1 Å². The summed E-state index contributed by atoms with van der Waals surface area (Å²) in [7, 11) is 3.53. The summed E-state index contributed by atoms with van der Waals surface area (Å²) in [5, 5.41) is 7.66. The van der Waals surface area contributed by atoms with Gasteiger partial charge in [0.25, 0.3) is 6.01 Å². The molecule has 0 aliphatic heterocycles. The molecule has 0 aliphatic carbocycles. The Morgan fingerprint density at radius 2 is 2.14 bits per heavy atom. The van der Waals surface area contributed by atoms with Gasteiger partial charge in [-0.25, -0.2) is 4.68 Å². The van der Waals surface area contributed by atoms with Gasteiger partial charge >= 0.3 is 0 Å². The second-order valence-electron chi connectivity index (χ2n) is 4.75. The molecule has 0 saturated heterocycles. The number of aromatic nitrogens is 3. The summed E-state index contributed by atoms with van der Waals surface area (Å²) in [6, 6.07) is 8.19. The van der Waals surface area contributed by atoms with E-state index in [9.17, 15) is 0 Å². The Morgan fingerprint density at radius 1 is 1.33 bits per heavy atom. The van der Waals surface area contributed by atoms with Crippen molar-refractivity contribution in [3.05, 3.63) is 35.5 Å². The van der Waals surface area contributed by atoms with E-state index in [-0.39, 0.29) is 0 Å². The Hall–Kier alpha value is -2.50. The molecule has 1 N–H and O–H groups in total. The average molecular weight is 286 g/mol. The van der Waals surface area contributed by atoms with Crippen molar-refractivity contribution in [3.8, 4) is 5.88 Å². The van der Waals surface area contributed by atoms with Crippen LogP contribution in [0.4, 0.5) is 6.01 Å². The first-order chi connectivity index (χ1) is 10.2. The molecule has 0 fully saturated rings. The highest BCUT2D eigenvalue weighted by atomic mass is 16.5. The summed E-state index contributed by atoms with van der Waals surface area (Å²) in [5.41, 5.74) is 3.66. The number of anilines is 1. The molecule has 6 nitrogen and oxygen atoms in total. The van der Waals surface area contributed by atoms with Gasteiger partial charge in [-0.05, 0) is 18.6 Å². The molecule has 0 spiro atoms. The molecule has 3 aromatic rings. The van der Waals surface area contributed by atoms with Crippen LogP contribution in [-0.2, 0) is 20.0 Å². The average Bonchev–Trinajstić information content (AvgIpc) is 3.04. The molecule has 0 bridgehead atoms. The summed E-state index contributed by atoms with van der Waals surface area (Å²) in [6.07, 6.45) is 0.849. The maximum atomic E-state index is 5.65. The summed E-state index contributed by atoms with van der Waals surface area (Å²) >= 11 is 0. The molecule has 3 rings (SSSR count). The van der Waals surface area contributed by atoms with Crippen molar-refractivity contribution in [2.45, 2.75) is 19.9 Å². The van der Waals surface area contributed by atoms with E-state index >= 15 is 0 Å². The Morgan fingerprint density at radius 3 is 2.86 bits per heavy atom. The number of benzene rings is 1.